The number of nitrogens with two attached hydrogens (primary N) is 1. The highest BCUT2D eigenvalue weighted by molar-refractivity contribution is 6.04. The lowest BCUT2D eigenvalue weighted by Gasteiger charge is -2.34. The first-order valence-electron chi connectivity index (χ1n) is 19.1. The second kappa shape index (κ2) is 17.8. The number of primary amides is 1. The van der Waals surface area contributed by atoms with Gasteiger partial charge in [0.15, 0.2) is 0 Å². The van der Waals surface area contributed by atoms with Gasteiger partial charge in [0.1, 0.15) is 30.4 Å². The van der Waals surface area contributed by atoms with Gasteiger partial charge in [-0.1, -0.05) is 80.6 Å². The molecule has 0 saturated heterocycles. The molecule has 4 amide bonds. The van der Waals surface area contributed by atoms with Crippen LogP contribution in [0.4, 0.5) is 15.3 Å². The van der Waals surface area contributed by atoms with Crippen LogP contribution in [0.1, 0.15) is 96.3 Å². The number of nitrogens with one attached hydrogen (secondary N) is 2. The Labute approximate surface area is 323 Å². The van der Waals surface area contributed by atoms with Crippen molar-refractivity contribution in [3.63, 3.8) is 0 Å². The van der Waals surface area contributed by atoms with E-state index in [-0.39, 0.29) is 43.4 Å². The second-order valence-electron chi connectivity index (χ2n) is 15.7. The molecule has 3 aromatic carbocycles. The Morgan fingerprint density at radius 2 is 1.40 bits per heavy atom. The van der Waals surface area contributed by atoms with E-state index in [2.05, 4.69) is 22.8 Å². The van der Waals surface area contributed by atoms with Gasteiger partial charge in [-0.15, -0.1) is 0 Å². The SMILES string of the molecule is CC(C)[C@H](NC(=O)OCC1c2ccccc2-c2ccccc21)C(=O)N(c1ccccc1CCC(=O)OC1CCC(NC(=O)OC(C)(C)C)CC1)[C@@H](C)C(N)=O. The molecular formula is C43H54N4O8. The number of carbonyl (C=O) groups excluding carboxylic acids is 5. The van der Waals surface area contributed by atoms with Gasteiger partial charge in [0.25, 0.3) is 5.91 Å². The summed E-state index contributed by atoms with van der Waals surface area (Å²) in [5, 5.41) is 5.65. The number of benzene rings is 3. The summed E-state index contributed by atoms with van der Waals surface area (Å²) in [6.07, 6.45) is 1.29. The van der Waals surface area contributed by atoms with Crippen molar-refractivity contribution in [3.8, 4) is 11.1 Å². The van der Waals surface area contributed by atoms with E-state index >= 15 is 0 Å². The minimum atomic E-state index is -1.07. The van der Waals surface area contributed by atoms with Crippen LogP contribution in [-0.2, 0) is 35.0 Å². The predicted molar refractivity (Wildman–Crippen MR) is 209 cm³/mol. The predicted octanol–water partition coefficient (Wildman–Crippen LogP) is 6.77. The molecule has 0 radical (unpaired) electrons. The van der Waals surface area contributed by atoms with E-state index in [1.54, 1.807) is 38.1 Å². The molecule has 0 aliphatic heterocycles. The van der Waals surface area contributed by atoms with Crippen molar-refractivity contribution in [2.75, 3.05) is 11.5 Å². The molecule has 12 nitrogen and oxygen atoms in total. The highest BCUT2D eigenvalue weighted by Gasteiger charge is 2.36. The lowest BCUT2D eigenvalue weighted by molar-refractivity contribution is -0.150. The fourth-order valence-electron chi connectivity index (χ4n) is 7.31. The molecule has 0 bridgehead atoms. The van der Waals surface area contributed by atoms with Crippen molar-refractivity contribution in [3.05, 3.63) is 89.5 Å². The van der Waals surface area contributed by atoms with E-state index in [0.717, 1.165) is 22.3 Å². The maximum atomic E-state index is 14.4. The third-order valence-corrected chi connectivity index (χ3v) is 10.1. The van der Waals surface area contributed by atoms with Crippen molar-refractivity contribution in [2.45, 2.75) is 116 Å². The van der Waals surface area contributed by atoms with Crippen molar-refractivity contribution < 1.29 is 38.2 Å². The van der Waals surface area contributed by atoms with Gasteiger partial charge in [0, 0.05) is 24.1 Å². The molecule has 0 spiro atoms. The number of aryl methyl sites for hydroxylation is 1. The number of carbonyl (C=O) groups is 5. The lowest BCUT2D eigenvalue weighted by atomic mass is 9.93. The van der Waals surface area contributed by atoms with Crippen molar-refractivity contribution in [1.29, 1.82) is 0 Å². The van der Waals surface area contributed by atoms with Gasteiger partial charge in [0.2, 0.25) is 5.91 Å². The van der Waals surface area contributed by atoms with Gasteiger partial charge in [-0.25, -0.2) is 9.59 Å². The Morgan fingerprint density at radius 3 is 1.98 bits per heavy atom. The van der Waals surface area contributed by atoms with E-state index in [1.165, 1.54) is 11.8 Å². The molecular weight excluding hydrogens is 700 g/mol. The normalized spacial score (nSPS) is 17.6. The average molecular weight is 755 g/mol. The van der Waals surface area contributed by atoms with E-state index in [9.17, 15) is 24.0 Å². The number of ether oxygens (including phenoxy) is 3. The van der Waals surface area contributed by atoms with Gasteiger partial charge >= 0.3 is 18.2 Å². The minimum Gasteiger partial charge on any atom is -0.462 e. The Hall–Kier alpha value is -5.39. The number of esters is 1. The van der Waals surface area contributed by atoms with Crippen LogP contribution in [0.15, 0.2) is 72.8 Å². The van der Waals surface area contributed by atoms with Crippen LogP contribution in [0.2, 0.25) is 0 Å². The molecule has 3 aromatic rings. The number of nitrogens with zero attached hydrogens (tertiary/aromatic N) is 1. The summed E-state index contributed by atoms with van der Waals surface area (Å²) in [5.74, 6) is -2.21. The van der Waals surface area contributed by atoms with Crippen LogP contribution in [0, 0.1) is 5.92 Å². The number of hydrogen-bond donors (Lipinski definition) is 3. The number of rotatable bonds is 13. The number of fused-ring (bicyclic) bond motifs is 3. The molecule has 0 heterocycles. The van der Waals surface area contributed by atoms with Crippen molar-refractivity contribution >= 4 is 35.7 Å². The molecule has 12 heteroatoms. The maximum absolute atomic E-state index is 14.4. The van der Waals surface area contributed by atoms with Gasteiger partial charge in [-0.05, 0) is 99.6 Å². The Balaban J connectivity index is 1.22. The van der Waals surface area contributed by atoms with Crippen LogP contribution in [0.25, 0.3) is 11.1 Å². The largest absolute Gasteiger partial charge is 0.462 e. The zero-order chi connectivity index (χ0) is 39.9. The van der Waals surface area contributed by atoms with Crippen LogP contribution < -0.4 is 21.3 Å². The van der Waals surface area contributed by atoms with Crippen LogP contribution in [0.3, 0.4) is 0 Å². The number of amides is 4. The van der Waals surface area contributed by atoms with E-state index < -0.39 is 47.7 Å². The van der Waals surface area contributed by atoms with Gasteiger partial charge in [-0.3, -0.25) is 19.3 Å². The summed E-state index contributed by atoms with van der Waals surface area (Å²) in [5.41, 5.74) is 10.6. The fraction of sp³-hybridized carbons (Fsp3) is 0.465. The van der Waals surface area contributed by atoms with Crippen LogP contribution in [0.5, 0.6) is 0 Å². The molecule has 1 fully saturated rings. The quantitative estimate of drug-likeness (QED) is 0.127. The average Bonchev–Trinajstić information content (AvgIpc) is 3.45. The summed E-state index contributed by atoms with van der Waals surface area (Å²) in [6.45, 7) is 10.6. The van der Waals surface area contributed by atoms with Gasteiger partial charge in [0.05, 0.1) is 0 Å². The molecule has 2 atom stereocenters. The standard InChI is InChI=1S/C43H54N4O8/c1-26(2)38(46-41(51)53-25-35-33-16-10-8-14-31(33)32-15-9-11-17-34(32)35)40(50)47(27(3)39(44)49)36-18-12-7-13-28(36)19-24-37(48)54-30-22-20-29(21-23-30)45-42(52)55-43(4,5)6/h7-18,26-27,29-30,35,38H,19-25H2,1-6H3,(H2,44,49)(H,45,52)(H,46,51)/t27-,29?,30?,38-/m0/s1. The highest BCUT2D eigenvalue weighted by Crippen LogP contribution is 2.44. The monoisotopic (exact) mass is 754 g/mol. The first-order valence-corrected chi connectivity index (χ1v) is 19.1. The zero-order valence-corrected chi connectivity index (χ0v) is 32.6. The smallest absolute Gasteiger partial charge is 0.407 e. The zero-order valence-electron chi connectivity index (χ0n) is 32.6. The second-order valence-corrected chi connectivity index (χ2v) is 15.7. The number of para-hydroxylation sites is 1. The summed E-state index contributed by atoms with van der Waals surface area (Å²) in [7, 11) is 0. The first kappa shape index (κ1) is 40.8. The highest BCUT2D eigenvalue weighted by atomic mass is 16.6. The molecule has 4 N–H and O–H groups in total. The number of anilines is 1. The Bertz CT molecular complexity index is 1820. The summed E-state index contributed by atoms with van der Waals surface area (Å²) < 4.78 is 16.9. The Morgan fingerprint density at radius 1 is 0.818 bits per heavy atom. The number of hydrogen-bond acceptors (Lipinski definition) is 8. The van der Waals surface area contributed by atoms with Crippen molar-refractivity contribution in [2.24, 2.45) is 11.7 Å². The molecule has 294 valence electrons. The molecule has 0 unspecified atom stereocenters. The third-order valence-electron chi connectivity index (χ3n) is 10.1. The summed E-state index contributed by atoms with van der Waals surface area (Å²) in [6, 6.07) is 20.9. The Kier molecular flexibility index (Phi) is 13.2. The fourth-order valence-corrected chi connectivity index (χ4v) is 7.31. The van der Waals surface area contributed by atoms with E-state index in [1.807, 2.05) is 57.2 Å². The molecule has 5 rings (SSSR count). The molecule has 55 heavy (non-hydrogen) atoms. The van der Waals surface area contributed by atoms with Crippen LogP contribution in [-0.4, -0.2) is 66.4 Å². The minimum absolute atomic E-state index is 0.0334. The first-order chi connectivity index (χ1) is 26.1. The van der Waals surface area contributed by atoms with E-state index in [4.69, 9.17) is 19.9 Å². The molecule has 1 saturated carbocycles. The molecule has 0 aromatic heterocycles. The maximum Gasteiger partial charge on any atom is 0.407 e. The summed E-state index contributed by atoms with van der Waals surface area (Å²) in [4.78, 5) is 66.9. The molecule has 2 aliphatic rings. The number of alkyl carbamates (subject to hydrolysis) is 2. The molecule has 2 aliphatic carbocycles. The van der Waals surface area contributed by atoms with Crippen molar-refractivity contribution in [1.82, 2.24) is 10.6 Å². The van der Waals surface area contributed by atoms with Gasteiger partial charge in [-0.2, -0.15) is 0 Å². The van der Waals surface area contributed by atoms with Crippen LogP contribution >= 0.6 is 0 Å². The topological polar surface area (TPSA) is 166 Å². The third kappa shape index (κ3) is 10.4. The van der Waals surface area contributed by atoms with E-state index in [0.29, 0.717) is 36.9 Å². The lowest BCUT2D eigenvalue weighted by Crippen LogP contribution is -2.56. The summed E-state index contributed by atoms with van der Waals surface area (Å²) >= 11 is 0. The van der Waals surface area contributed by atoms with Gasteiger partial charge < -0.3 is 30.6 Å².